The summed E-state index contributed by atoms with van der Waals surface area (Å²) >= 11 is 1.28. The Bertz CT molecular complexity index is 762. The van der Waals surface area contributed by atoms with E-state index in [1.165, 1.54) is 30.5 Å². The van der Waals surface area contributed by atoms with E-state index >= 15 is 0 Å². The van der Waals surface area contributed by atoms with Gasteiger partial charge in [0, 0.05) is 10.5 Å². The highest BCUT2D eigenvalue weighted by Gasteiger charge is 2.35. The van der Waals surface area contributed by atoms with Gasteiger partial charge in [-0.25, -0.2) is 0 Å². The molecule has 1 atom stereocenters. The van der Waals surface area contributed by atoms with Crippen molar-refractivity contribution in [2.24, 2.45) is 0 Å². The summed E-state index contributed by atoms with van der Waals surface area (Å²) in [5, 5.41) is 0. The molecule has 0 spiro atoms. The maximum absolute atomic E-state index is 12.8. The number of aldehydes is 1. The second-order valence-electron chi connectivity index (χ2n) is 4.91. The zero-order valence-corrected chi connectivity index (χ0v) is 13.5. The molecule has 1 amide bonds. The molecular formula is C17H15NO4S. The Labute approximate surface area is 138 Å². The van der Waals surface area contributed by atoms with Crippen molar-refractivity contribution in [1.82, 2.24) is 4.31 Å². The summed E-state index contributed by atoms with van der Waals surface area (Å²) in [7, 11) is 3.05. The largest absolute Gasteiger partial charge is 0.493 e. The summed E-state index contributed by atoms with van der Waals surface area (Å²) < 4.78 is 11.9. The number of fused-ring (bicyclic) bond motifs is 1. The van der Waals surface area contributed by atoms with E-state index in [9.17, 15) is 9.59 Å². The Morgan fingerprint density at radius 2 is 1.87 bits per heavy atom. The minimum atomic E-state index is -0.586. The summed E-state index contributed by atoms with van der Waals surface area (Å²) in [6.07, 6.45) is 0.789. The van der Waals surface area contributed by atoms with Crippen LogP contribution in [0.25, 0.3) is 0 Å². The second kappa shape index (κ2) is 6.34. The molecule has 0 radical (unpaired) electrons. The fraction of sp³-hybridized carbons (Fsp3) is 0.176. The van der Waals surface area contributed by atoms with Crippen LogP contribution in [-0.2, 0) is 4.79 Å². The van der Waals surface area contributed by atoms with Gasteiger partial charge < -0.3 is 14.3 Å². The predicted octanol–water partition coefficient (Wildman–Crippen LogP) is 3.11. The van der Waals surface area contributed by atoms with E-state index in [-0.39, 0.29) is 5.91 Å². The lowest BCUT2D eigenvalue weighted by molar-refractivity contribution is -0.110. The lowest BCUT2D eigenvalue weighted by atomic mass is 10.1. The van der Waals surface area contributed by atoms with Crippen LogP contribution in [0.3, 0.4) is 0 Å². The van der Waals surface area contributed by atoms with Gasteiger partial charge in [-0.3, -0.25) is 9.10 Å². The summed E-state index contributed by atoms with van der Waals surface area (Å²) in [6, 6.07) is 11.9. The highest BCUT2D eigenvalue weighted by atomic mass is 32.2. The van der Waals surface area contributed by atoms with Crippen molar-refractivity contribution < 1.29 is 19.1 Å². The van der Waals surface area contributed by atoms with E-state index in [0.717, 1.165) is 16.7 Å². The highest BCUT2D eigenvalue weighted by Crippen LogP contribution is 2.44. The van der Waals surface area contributed by atoms with Crippen molar-refractivity contribution in [1.29, 1.82) is 0 Å². The Balaban J connectivity index is 1.94. The first-order chi connectivity index (χ1) is 11.2. The highest BCUT2D eigenvalue weighted by molar-refractivity contribution is 7.98. The van der Waals surface area contributed by atoms with E-state index < -0.39 is 6.04 Å². The minimum Gasteiger partial charge on any atom is -0.493 e. The zero-order valence-electron chi connectivity index (χ0n) is 12.7. The van der Waals surface area contributed by atoms with Crippen LogP contribution in [0.4, 0.5) is 0 Å². The van der Waals surface area contributed by atoms with Gasteiger partial charge in [-0.05, 0) is 41.8 Å². The van der Waals surface area contributed by atoms with E-state index in [1.807, 2.05) is 24.3 Å². The summed E-state index contributed by atoms with van der Waals surface area (Å²) in [5.41, 5.74) is 1.29. The summed E-state index contributed by atoms with van der Waals surface area (Å²) in [4.78, 5) is 25.2. The van der Waals surface area contributed by atoms with Crippen LogP contribution in [0.2, 0.25) is 0 Å². The number of carbonyl (C=O) groups is 2. The van der Waals surface area contributed by atoms with Crippen molar-refractivity contribution >= 4 is 24.1 Å². The van der Waals surface area contributed by atoms with Gasteiger partial charge in [-0.1, -0.05) is 18.2 Å². The number of nitrogens with zero attached hydrogens (tertiary/aromatic N) is 1. The Morgan fingerprint density at radius 3 is 2.57 bits per heavy atom. The van der Waals surface area contributed by atoms with E-state index in [2.05, 4.69) is 0 Å². The molecular weight excluding hydrogens is 314 g/mol. The second-order valence-corrected chi connectivity index (χ2v) is 5.93. The molecule has 0 saturated carbocycles. The molecule has 0 aromatic heterocycles. The van der Waals surface area contributed by atoms with Gasteiger partial charge >= 0.3 is 0 Å². The van der Waals surface area contributed by atoms with E-state index in [4.69, 9.17) is 9.47 Å². The monoisotopic (exact) mass is 329 g/mol. The van der Waals surface area contributed by atoms with Gasteiger partial charge in [0.25, 0.3) is 5.91 Å². The summed E-state index contributed by atoms with van der Waals surface area (Å²) in [6.45, 7) is 0. The Morgan fingerprint density at radius 1 is 1.13 bits per heavy atom. The number of carbonyl (C=O) groups excluding carboxylic acids is 2. The fourth-order valence-corrected chi connectivity index (χ4v) is 3.60. The van der Waals surface area contributed by atoms with E-state index in [0.29, 0.717) is 17.1 Å². The SMILES string of the molecule is COc1ccc(C(=O)N2Sc3ccccc3C2C=O)cc1OC. The van der Waals surface area contributed by atoms with Crippen molar-refractivity contribution in [3.8, 4) is 11.5 Å². The third-order valence-corrected chi connectivity index (χ3v) is 4.80. The molecule has 0 N–H and O–H groups in total. The molecule has 23 heavy (non-hydrogen) atoms. The van der Waals surface area contributed by atoms with Gasteiger partial charge in [0.1, 0.15) is 12.3 Å². The Hall–Kier alpha value is -2.47. The third-order valence-electron chi connectivity index (χ3n) is 3.65. The van der Waals surface area contributed by atoms with Gasteiger partial charge in [0.05, 0.1) is 14.2 Å². The number of methoxy groups -OCH3 is 2. The molecule has 2 aromatic rings. The molecule has 118 valence electrons. The van der Waals surface area contributed by atoms with Crippen LogP contribution in [0.1, 0.15) is 22.0 Å². The van der Waals surface area contributed by atoms with Crippen LogP contribution < -0.4 is 9.47 Å². The molecule has 0 bridgehead atoms. The first-order valence-electron chi connectivity index (χ1n) is 6.97. The quantitative estimate of drug-likeness (QED) is 0.637. The Kier molecular flexibility index (Phi) is 4.25. The zero-order chi connectivity index (χ0) is 16.4. The van der Waals surface area contributed by atoms with Crippen LogP contribution in [0.15, 0.2) is 47.4 Å². The third kappa shape index (κ3) is 2.66. The average molecular weight is 329 g/mol. The van der Waals surface area contributed by atoms with Gasteiger partial charge in [-0.2, -0.15) is 0 Å². The number of hydrogen-bond acceptors (Lipinski definition) is 5. The maximum atomic E-state index is 12.8. The minimum absolute atomic E-state index is 0.246. The molecule has 2 aromatic carbocycles. The average Bonchev–Trinajstić information content (AvgIpc) is 2.98. The lowest BCUT2D eigenvalue weighted by Crippen LogP contribution is -2.26. The smallest absolute Gasteiger partial charge is 0.265 e. The van der Waals surface area contributed by atoms with Crippen LogP contribution in [-0.4, -0.2) is 30.7 Å². The van der Waals surface area contributed by atoms with Crippen molar-refractivity contribution in [2.45, 2.75) is 10.9 Å². The molecule has 1 heterocycles. The molecule has 0 fully saturated rings. The number of amides is 1. The van der Waals surface area contributed by atoms with Crippen LogP contribution in [0.5, 0.6) is 11.5 Å². The molecule has 1 aliphatic rings. The summed E-state index contributed by atoms with van der Waals surface area (Å²) in [5.74, 6) is 0.778. The van der Waals surface area contributed by atoms with Crippen molar-refractivity contribution in [2.75, 3.05) is 14.2 Å². The maximum Gasteiger partial charge on any atom is 0.265 e. The lowest BCUT2D eigenvalue weighted by Gasteiger charge is -2.19. The number of rotatable bonds is 4. The van der Waals surface area contributed by atoms with Crippen molar-refractivity contribution in [3.05, 3.63) is 53.6 Å². The molecule has 5 nitrogen and oxygen atoms in total. The predicted molar refractivity (Wildman–Crippen MR) is 86.8 cm³/mol. The first-order valence-corrected chi connectivity index (χ1v) is 7.74. The molecule has 3 rings (SSSR count). The van der Waals surface area contributed by atoms with Crippen LogP contribution >= 0.6 is 11.9 Å². The number of ether oxygens (including phenoxy) is 2. The first kappa shape index (κ1) is 15.4. The van der Waals surface area contributed by atoms with Gasteiger partial charge in [-0.15, -0.1) is 0 Å². The van der Waals surface area contributed by atoms with E-state index in [1.54, 1.807) is 18.2 Å². The molecule has 0 aliphatic carbocycles. The standard InChI is InChI=1S/C17H15NO4S/c1-21-14-8-7-11(9-15(14)22-2)17(20)18-13(10-19)12-5-3-4-6-16(12)23-18/h3-10,13H,1-2H3. The molecule has 1 unspecified atom stereocenters. The van der Waals surface area contributed by atoms with Gasteiger partial charge in [0.15, 0.2) is 11.5 Å². The van der Waals surface area contributed by atoms with Crippen molar-refractivity contribution in [3.63, 3.8) is 0 Å². The van der Waals surface area contributed by atoms with Gasteiger partial charge in [0.2, 0.25) is 0 Å². The fourth-order valence-electron chi connectivity index (χ4n) is 2.49. The normalized spacial score (nSPS) is 15.9. The number of benzene rings is 2. The molecule has 1 aliphatic heterocycles. The molecule has 0 saturated heterocycles. The number of hydrogen-bond donors (Lipinski definition) is 0. The molecule has 6 heteroatoms. The topological polar surface area (TPSA) is 55.8 Å². The van der Waals surface area contributed by atoms with Crippen LogP contribution in [0, 0.1) is 0 Å².